The maximum absolute atomic E-state index is 11.5. The normalized spacial score (nSPS) is 17.1. The number of esters is 1. The zero-order chi connectivity index (χ0) is 10.4. The molecule has 0 N–H and O–H groups in total. The molecule has 0 amide bonds. The predicted molar refractivity (Wildman–Crippen MR) is 52.4 cm³/mol. The molecule has 0 unspecified atom stereocenters. The molecule has 1 aliphatic carbocycles. The van der Waals surface area contributed by atoms with Gasteiger partial charge in [0.05, 0.1) is 18.2 Å². The van der Waals surface area contributed by atoms with Crippen LogP contribution in [0.2, 0.25) is 0 Å². The van der Waals surface area contributed by atoms with Gasteiger partial charge in [-0.05, 0) is 32.6 Å². The highest BCUT2D eigenvalue weighted by molar-refractivity contribution is 5.90. The molecule has 0 aromatic heterocycles. The lowest BCUT2D eigenvalue weighted by molar-refractivity contribution is -0.138. The van der Waals surface area contributed by atoms with E-state index in [1.165, 1.54) is 0 Å². The molecule has 0 radical (unpaired) electrons. The highest BCUT2D eigenvalue weighted by Crippen LogP contribution is 2.24. The molecule has 0 aromatic carbocycles. The topological polar surface area (TPSA) is 50.1 Å². The molecule has 0 heterocycles. The van der Waals surface area contributed by atoms with Crippen LogP contribution in [0.3, 0.4) is 0 Å². The average Bonchev–Trinajstić information content (AvgIpc) is 2.42. The summed E-state index contributed by atoms with van der Waals surface area (Å²) in [7, 11) is 0. The van der Waals surface area contributed by atoms with E-state index in [4.69, 9.17) is 10.00 Å². The zero-order valence-electron chi connectivity index (χ0n) is 8.51. The number of rotatable bonds is 2. The second-order valence-corrected chi connectivity index (χ2v) is 3.35. The Morgan fingerprint density at radius 1 is 1.43 bits per heavy atom. The molecule has 76 valence electrons. The van der Waals surface area contributed by atoms with Gasteiger partial charge in [0.15, 0.2) is 0 Å². The highest BCUT2D eigenvalue weighted by Gasteiger charge is 2.18. The summed E-state index contributed by atoms with van der Waals surface area (Å²) >= 11 is 0. The Morgan fingerprint density at radius 3 is 2.79 bits per heavy atom. The van der Waals surface area contributed by atoms with E-state index < -0.39 is 0 Å². The van der Waals surface area contributed by atoms with E-state index in [2.05, 4.69) is 6.07 Å². The summed E-state index contributed by atoms with van der Waals surface area (Å²) in [5.74, 6) is -0.300. The van der Waals surface area contributed by atoms with Crippen molar-refractivity contribution in [1.82, 2.24) is 0 Å². The first-order valence-electron chi connectivity index (χ1n) is 5.08. The lowest BCUT2D eigenvalue weighted by atomic mass is 10.1. The minimum absolute atomic E-state index is 0.300. The largest absolute Gasteiger partial charge is 0.463 e. The average molecular weight is 193 g/mol. The van der Waals surface area contributed by atoms with Crippen LogP contribution in [0.4, 0.5) is 0 Å². The summed E-state index contributed by atoms with van der Waals surface area (Å²) in [5.41, 5.74) is 1.23. The fraction of sp³-hybridized carbons (Fsp3) is 0.636. The van der Waals surface area contributed by atoms with Crippen LogP contribution in [0.1, 0.15) is 39.0 Å². The van der Waals surface area contributed by atoms with Gasteiger partial charge >= 0.3 is 5.97 Å². The number of carbonyl (C=O) groups is 1. The third-order valence-electron chi connectivity index (χ3n) is 2.37. The molecule has 1 aliphatic rings. The summed E-state index contributed by atoms with van der Waals surface area (Å²) in [6, 6.07) is 2.11. The van der Waals surface area contributed by atoms with E-state index in [0.29, 0.717) is 24.2 Å². The minimum Gasteiger partial charge on any atom is -0.463 e. The molecule has 0 aliphatic heterocycles. The van der Waals surface area contributed by atoms with Gasteiger partial charge in [0, 0.05) is 5.57 Å². The van der Waals surface area contributed by atoms with Crippen LogP contribution in [-0.4, -0.2) is 12.6 Å². The molecule has 1 rings (SSSR count). The first-order valence-corrected chi connectivity index (χ1v) is 5.08. The number of ether oxygens (including phenoxy) is 1. The zero-order valence-corrected chi connectivity index (χ0v) is 8.51. The SMILES string of the molecule is CCOC(=O)C1=C(C#N)CCCCC1. The van der Waals surface area contributed by atoms with Crippen LogP contribution >= 0.6 is 0 Å². The Kier molecular flexibility index (Phi) is 4.18. The Hall–Kier alpha value is -1.30. The molecular formula is C11H15NO2. The fourth-order valence-corrected chi connectivity index (χ4v) is 1.65. The maximum Gasteiger partial charge on any atom is 0.334 e. The number of carbonyl (C=O) groups excluding carboxylic acids is 1. The predicted octanol–water partition coefficient (Wildman–Crippen LogP) is 2.33. The van der Waals surface area contributed by atoms with Crippen molar-refractivity contribution in [3.05, 3.63) is 11.1 Å². The van der Waals surface area contributed by atoms with E-state index in [1.807, 2.05) is 0 Å². The van der Waals surface area contributed by atoms with Gasteiger partial charge in [0.25, 0.3) is 0 Å². The van der Waals surface area contributed by atoms with Gasteiger partial charge < -0.3 is 4.74 Å². The van der Waals surface area contributed by atoms with E-state index >= 15 is 0 Å². The lowest BCUT2D eigenvalue weighted by Crippen LogP contribution is -2.09. The molecule has 3 nitrogen and oxygen atoms in total. The summed E-state index contributed by atoms with van der Waals surface area (Å²) in [4.78, 5) is 11.5. The molecule has 0 saturated carbocycles. The van der Waals surface area contributed by atoms with Gasteiger partial charge in [0.2, 0.25) is 0 Å². The molecule has 0 aromatic rings. The summed E-state index contributed by atoms with van der Waals surface area (Å²) in [6.07, 6.45) is 4.51. The molecule has 3 heteroatoms. The second kappa shape index (κ2) is 5.43. The first kappa shape index (κ1) is 10.8. The van der Waals surface area contributed by atoms with E-state index in [0.717, 1.165) is 25.7 Å². The fourth-order valence-electron chi connectivity index (χ4n) is 1.65. The molecule has 14 heavy (non-hydrogen) atoms. The van der Waals surface area contributed by atoms with Crippen molar-refractivity contribution in [2.75, 3.05) is 6.61 Å². The van der Waals surface area contributed by atoms with Crippen molar-refractivity contribution in [3.8, 4) is 6.07 Å². The molecular weight excluding hydrogens is 178 g/mol. The molecule has 0 saturated heterocycles. The summed E-state index contributed by atoms with van der Waals surface area (Å²) < 4.78 is 4.92. The monoisotopic (exact) mass is 193 g/mol. The van der Waals surface area contributed by atoms with Gasteiger partial charge in [-0.3, -0.25) is 0 Å². The minimum atomic E-state index is -0.300. The Bertz CT molecular complexity index is 286. The van der Waals surface area contributed by atoms with Crippen molar-refractivity contribution >= 4 is 5.97 Å². The Labute approximate surface area is 84.4 Å². The van der Waals surface area contributed by atoms with E-state index in [-0.39, 0.29) is 5.97 Å². The van der Waals surface area contributed by atoms with Gasteiger partial charge in [0.1, 0.15) is 0 Å². The number of hydrogen-bond acceptors (Lipinski definition) is 3. The molecule has 0 bridgehead atoms. The van der Waals surface area contributed by atoms with Crippen LogP contribution in [0, 0.1) is 11.3 Å². The quantitative estimate of drug-likeness (QED) is 0.632. The Morgan fingerprint density at radius 2 is 2.14 bits per heavy atom. The molecule has 0 fully saturated rings. The van der Waals surface area contributed by atoms with Crippen LogP contribution in [0.15, 0.2) is 11.1 Å². The summed E-state index contributed by atoms with van der Waals surface area (Å²) in [5, 5.41) is 8.89. The van der Waals surface area contributed by atoms with Crippen LogP contribution < -0.4 is 0 Å². The van der Waals surface area contributed by atoms with Crippen LogP contribution in [0.25, 0.3) is 0 Å². The smallest absolute Gasteiger partial charge is 0.334 e. The number of hydrogen-bond donors (Lipinski definition) is 0. The second-order valence-electron chi connectivity index (χ2n) is 3.35. The number of nitriles is 1. The number of nitrogens with zero attached hydrogens (tertiary/aromatic N) is 1. The Balaban J connectivity index is 2.83. The van der Waals surface area contributed by atoms with Gasteiger partial charge in [-0.25, -0.2) is 4.79 Å². The van der Waals surface area contributed by atoms with E-state index in [9.17, 15) is 4.79 Å². The maximum atomic E-state index is 11.5. The van der Waals surface area contributed by atoms with Crippen molar-refractivity contribution in [1.29, 1.82) is 5.26 Å². The van der Waals surface area contributed by atoms with Crippen molar-refractivity contribution in [3.63, 3.8) is 0 Å². The van der Waals surface area contributed by atoms with Crippen molar-refractivity contribution < 1.29 is 9.53 Å². The van der Waals surface area contributed by atoms with Crippen molar-refractivity contribution in [2.45, 2.75) is 39.0 Å². The standard InChI is InChI=1S/C11H15NO2/c1-2-14-11(13)10-7-5-3-4-6-9(10)8-12/h2-7H2,1H3. The third-order valence-corrected chi connectivity index (χ3v) is 2.37. The third kappa shape index (κ3) is 2.59. The van der Waals surface area contributed by atoms with Gasteiger partial charge in [-0.15, -0.1) is 0 Å². The molecule has 0 atom stereocenters. The van der Waals surface area contributed by atoms with Crippen LogP contribution in [0.5, 0.6) is 0 Å². The lowest BCUT2D eigenvalue weighted by Gasteiger charge is -2.05. The van der Waals surface area contributed by atoms with E-state index in [1.54, 1.807) is 6.92 Å². The summed E-state index contributed by atoms with van der Waals surface area (Å²) in [6.45, 7) is 2.16. The first-order chi connectivity index (χ1) is 6.79. The number of allylic oxidation sites excluding steroid dienone is 1. The van der Waals surface area contributed by atoms with Crippen molar-refractivity contribution in [2.24, 2.45) is 0 Å². The highest BCUT2D eigenvalue weighted by atomic mass is 16.5. The molecule has 0 spiro atoms. The van der Waals surface area contributed by atoms with Gasteiger partial charge in [-0.1, -0.05) is 6.42 Å². The van der Waals surface area contributed by atoms with Gasteiger partial charge in [-0.2, -0.15) is 5.26 Å². The van der Waals surface area contributed by atoms with Crippen LogP contribution in [-0.2, 0) is 9.53 Å².